The van der Waals surface area contributed by atoms with Crippen molar-refractivity contribution in [3.05, 3.63) is 77.9 Å². The molecule has 0 heterocycles. The highest BCUT2D eigenvalue weighted by Crippen LogP contribution is 2.40. The predicted molar refractivity (Wildman–Crippen MR) is 111 cm³/mol. The van der Waals surface area contributed by atoms with Crippen LogP contribution in [0.25, 0.3) is 22.3 Å². The minimum atomic E-state index is 0.0523. The van der Waals surface area contributed by atoms with Crippen LogP contribution in [0.4, 0.5) is 0 Å². The summed E-state index contributed by atoms with van der Waals surface area (Å²) >= 11 is 0. The number of ether oxygens (including phenoxy) is 1. The van der Waals surface area contributed by atoms with Gasteiger partial charge < -0.3 is 10.1 Å². The van der Waals surface area contributed by atoms with Gasteiger partial charge in [0.2, 0.25) is 5.91 Å². The van der Waals surface area contributed by atoms with Gasteiger partial charge in [-0.3, -0.25) is 4.79 Å². The van der Waals surface area contributed by atoms with Gasteiger partial charge in [0.05, 0.1) is 7.11 Å². The van der Waals surface area contributed by atoms with Gasteiger partial charge in [-0.25, -0.2) is 0 Å². The van der Waals surface area contributed by atoms with Gasteiger partial charge in [-0.2, -0.15) is 0 Å². The minimum absolute atomic E-state index is 0.0523. The second-order valence-electron chi connectivity index (χ2n) is 6.51. The third kappa shape index (κ3) is 4.03. The van der Waals surface area contributed by atoms with Crippen LogP contribution in [0.3, 0.4) is 0 Å². The van der Waals surface area contributed by atoms with E-state index in [1.54, 1.807) is 14.2 Å². The summed E-state index contributed by atoms with van der Waals surface area (Å²) in [6.07, 6.45) is 1.18. The van der Waals surface area contributed by atoms with Gasteiger partial charge in [0.15, 0.2) is 0 Å². The maximum atomic E-state index is 11.7. The Bertz CT molecular complexity index is 932. The fourth-order valence-electron chi connectivity index (χ4n) is 3.45. The topological polar surface area (TPSA) is 38.3 Å². The standard InChI is InChI=1S/C24H25NO2/c1-17-18(14-16-23(26)25-2)13-15-22(27-3)24(17)21-12-8-7-11-20(21)19-9-5-4-6-10-19/h4-13,15H,14,16H2,1-3H3,(H,25,26). The summed E-state index contributed by atoms with van der Waals surface area (Å²) in [6, 6.07) is 22.8. The highest BCUT2D eigenvalue weighted by atomic mass is 16.5. The molecule has 3 rings (SSSR count). The first-order valence-electron chi connectivity index (χ1n) is 9.17. The van der Waals surface area contributed by atoms with Crippen molar-refractivity contribution >= 4 is 5.91 Å². The first-order chi connectivity index (χ1) is 13.2. The van der Waals surface area contributed by atoms with Crippen molar-refractivity contribution in [1.29, 1.82) is 0 Å². The molecule has 3 aromatic carbocycles. The summed E-state index contributed by atoms with van der Waals surface area (Å²) in [5.74, 6) is 0.899. The number of nitrogens with one attached hydrogen (secondary N) is 1. The summed E-state index contributed by atoms with van der Waals surface area (Å²) < 4.78 is 5.69. The second kappa shape index (κ2) is 8.54. The second-order valence-corrected chi connectivity index (χ2v) is 6.51. The molecule has 0 saturated carbocycles. The smallest absolute Gasteiger partial charge is 0.220 e. The fourth-order valence-corrected chi connectivity index (χ4v) is 3.45. The number of carbonyl (C=O) groups excluding carboxylic acids is 1. The summed E-state index contributed by atoms with van der Waals surface area (Å²) in [6.45, 7) is 2.11. The van der Waals surface area contributed by atoms with Gasteiger partial charge in [0.25, 0.3) is 0 Å². The molecule has 27 heavy (non-hydrogen) atoms. The molecule has 0 fully saturated rings. The number of aryl methyl sites for hydroxylation is 1. The van der Waals surface area contributed by atoms with E-state index in [1.165, 1.54) is 11.1 Å². The Labute approximate surface area is 161 Å². The average Bonchev–Trinajstić information content (AvgIpc) is 2.73. The van der Waals surface area contributed by atoms with E-state index in [0.717, 1.165) is 28.0 Å². The van der Waals surface area contributed by atoms with Gasteiger partial charge in [0.1, 0.15) is 5.75 Å². The van der Waals surface area contributed by atoms with Crippen LogP contribution in [-0.2, 0) is 11.2 Å². The highest BCUT2D eigenvalue weighted by Gasteiger charge is 2.16. The van der Waals surface area contributed by atoms with Crippen LogP contribution in [0, 0.1) is 6.92 Å². The van der Waals surface area contributed by atoms with Crippen molar-refractivity contribution in [3.63, 3.8) is 0 Å². The zero-order valence-corrected chi connectivity index (χ0v) is 16.1. The van der Waals surface area contributed by atoms with Gasteiger partial charge >= 0.3 is 0 Å². The van der Waals surface area contributed by atoms with Crippen LogP contribution < -0.4 is 10.1 Å². The minimum Gasteiger partial charge on any atom is -0.496 e. The van der Waals surface area contributed by atoms with Crippen LogP contribution in [0.1, 0.15) is 17.5 Å². The first-order valence-corrected chi connectivity index (χ1v) is 9.17. The Kier molecular flexibility index (Phi) is 5.92. The van der Waals surface area contributed by atoms with E-state index in [2.05, 4.69) is 66.8 Å². The van der Waals surface area contributed by atoms with Crippen molar-refractivity contribution in [2.45, 2.75) is 19.8 Å². The molecule has 0 aliphatic carbocycles. The summed E-state index contributed by atoms with van der Waals surface area (Å²) in [5.41, 5.74) is 6.89. The zero-order chi connectivity index (χ0) is 19.2. The van der Waals surface area contributed by atoms with Crippen LogP contribution >= 0.6 is 0 Å². The lowest BCUT2D eigenvalue weighted by atomic mass is 9.88. The molecule has 3 heteroatoms. The van der Waals surface area contributed by atoms with E-state index < -0.39 is 0 Å². The number of methoxy groups -OCH3 is 1. The molecule has 3 aromatic rings. The molecule has 3 nitrogen and oxygen atoms in total. The molecule has 0 unspecified atom stereocenters. The van der Waals surface area contributed by atoms with Crippen molar-refractivity contribution in [2.75, 3.05) is 14.2 Å². The van der Waals surface area contributed by atoms with Crippen molar-refractivity contribution in [1.82, 2.24) is 5.32 Å². The number of hydrogen-bond donors (Lipinski definition) is 1. The maximum absolute atomic E-state index is 11.7. The largest absolute Gasteiger partial charge is 0.496 e. The Hall–Kier alpha value is -3.07. The van der Waals surface area contributed by atoms with Crippen LogP contribution in [-0.4, -0.2) is 20.1 Å². The molecule has 0 bridgehead atoms. The number of carbonyl (C=O) groups is 1. The molecule has 1 N–H and O–H groups in total. The monoisotopic (exact) mass is 359 g/mol. The van der Waals surface area contributed by atoms with Gasteiger partial charge in [-0.05, 0) is 47.2 Å². The SMILES string of the molecule is CNC(=O)CCc1ccc(OC)c(-c2ccccc2-c2ccccc2)c1C. The molecule has 1 amide bonds. The van der Waals surface area contributed by atoms with Crippen LogP contribution in [0.2, 0.25) is 0 Å². The van der Waals surface area contributed by atoms with Crippen LogP contribution in [0.15, 0.2) is 66.7 Å². The van der Waals surface area contributed by atoms with E-state index in [1.807, 2.05) is 12.1 Å². The fraction of sp³-hybridized carbons (Fsp3) is 0.208. The number of amides is 1. The van der Waals surface area contributed by atoms with Gasteiger partial charge in [0, 0.05) is 19.0 Å². The van der Waals surface area contributed by atoms with E-state index >= 15 is 0 Å². The first kappa shape index (κ1) is 18.7. The molecule has 0 aliphatic heterocycles. The molecule has 0 aliphatic rings. The lowest BCUT2D eigenvalue weighted by molar-refractivity contribution is -0.120. The Morgan fingerprint density at radius 1 is 0.926 bits per heavy atom. The van der Waals surface area contributed by atoms with Gasteiger partial charge in [-0.1, -0.05) is 60.7 Å². The number of benzene rings is 3. The quantitative estimate of drug-likeness (QED) is 0.671. The molecule has 138 valence electrons. The molecule has 0 atom stereocenters. The van der Waals surface area contributed by atoms with E-state index in [-0.39, 0.29) is 5.91 Å². The molecule has 0 aromatic heterocycles. The normalized spacial score (nSPS) is 10.5. The van der Waals surface area contributed by atoms with Crippen molar-refractivity contribution < 1.29 is 9.53 Å². The Morgan fingerprint density at radius 3 is 2.26 bits per heavy atom. The Balaban J connectivity index is 2.13. The lowest BCUT2D eigenvalue weighted by Gasteiger charge is -2.18. The third-order valence-electron chi connectivity index (χ3n) is 4.94. The molecule has 0 spiro atoms. The zero-order valence-electron chi connectivity index (χ0n) is 16.1. The molecular weight excluding hydrogens is 334 g/mol. The molecule has 0 radical (unpaired) electrons. The van der Waals surface area contributed by atoms with E-state index in [0.29, 0.717) is 12.8 Å². The number of rotatable bonds is 6. The van der Waals surface area contributed by atoms with Crippen molar-refractivity contribution in [2.24, 2.45) is 0 Å². The Morgan fingerprint density at radius 2 is 1.59 bits per heavy atom. The van der Waals surface area contributed by atoms with Crippen molar-refractivity contribution in [3.8, 4) is 28.0 Å². The molecular formula is C24H25NO2. The van der Waals surface area contributed by atoms with Crippen LogP contribution in [0.5, 0.6) is 5.75 Å². The molecule has 0 saturated heterocycles. The van der Waals surface area contributed by atoms with E-state index in [9.17, 15) is 4.79 Å². The summed E-state index contributed by atoms with van der Waals surface area (Å²) in [7, 11) is 3.37. The third-order valence-corrected chi connectivity index (χ3v) is 4.94. The number of hydrogen-bond acceptors (Lipinski definition) is 2. The maximum Gasteiger partial charge on any atom is 0.220 e. The summed E-state index contributed by atoms with van der Waals surface area (Å²) in [5, 5.41) is 2.69. The van der Waals surface area contributed by atoms with E-state index in [4.69, 9.17) is 4.74 Å². The highest BCUT2D eigenvalue weighted by molar-refractivity contribution is 5.88. The van der Waals surface area contributed by atoms with Gasteiger partial charge in [-0.15, -0.1) is 0 Å². The summed E-state index contributed by atoms with van der Waals surface area (Å²) in [4.78, 5) is 11.7. The lowest BCUT2D eigenvalue weighted by Crippen LogP contribution is -2.18. The predicted octanol–water partition coefficient (Wildman–Crippen LogP) is 5.02. The average molecular weight is 359 g/mol.